The van der Waals surface area contributed by atoms with Crippen LogP contribution < -0.4 is 0 Å². The minimum Gasteiger partial charge on any atom is -0.478 e. The fraction of sp³-hybridized carbons (Fsp3) is 0. The van der Waals surface area contributed by atoms with E-state index in [-0.39, 0.29) is 5.56 Å². The molecule has 1 heterocycles. The lowest BCUT2D eigenvalue weighted by Crippen LogP contribution is -1.97. The molecule has 5 heteroatoms. The quantitative estimate of drug-likeness (QED) is 0.684. The third-order valence-electron chi connectivity index (χ3n) is 2.81. The highest BCUT2D eigenvalue weighted by Crippen LogP contribution is 2.23. The van der Waals surface area contributed by atoms with Crippen molar-refractivity contribution < 1.29 is 9.90 Å². The summed E-state index contributed by atoms with van der Waals surface area (Å²) >= 11 is 2.10. The molecule has 0 unspecified atom stereocenters. The van der Waals surface area contributed by atoms with Gasteiger partial charge >= 0.3 is 5.97 Å². The number of rotatable bonds is 2. The van der Waals surface area contributed by atoms with E-state index in [9.17, 15) is 4.79 Å². The maximum atomic E-state index is 11.1. The van der Waals surface area contributed by atoms with Gasteiger partial charge in [-0.2, -0.15) is 0 Å². The average molecular weight is 364 g/mol. The first-order valence-corrected chi connectivity index (χ1v) is 6.70. The molecule has 0 spiro atoms. The second-order valence-electron chi connectivity index (χ2n) is 4.14. The predicted molar refractivity (Wildman–Crippen MR) is 81.2 cm³/mol. The molecule has 4 nitrogen and oxygen atoms in total. The zero-order chi connectivity index (χ0) is 13.4. The van der Waals surface area contributed by atoms with Crippen LogP contribution in [0.3, 0.4) is 0 Å². The molecule has 0 atom stereocenters. The number of para-hydroxylation sites is 2. The van der Waals surface area contributed by atoms with Crippen molar-refractivity contribution in [1.82, 2.24) is 9.97 Å². The molecule has 0 fully saturated rings. The van der Waals surface area contributed by atoms with E-state index in [1.165, 1.54) is 0 Å². The average Bonchev–Trinajstić information content (AvgIpc) is 2.81. The van der Waals surface area contributed by atoms with Crippen molar-refractivity contribution in [2.45, 2.75) is 0 Å². The van der Waals surface area contributed by atoms with Gasteiger partial charge in [-0.05, 0) is 52.9 Å². The van der Waals surface area contributed by atoms with Crippen LogP contribution in [-0.4, -0.2) is 21.0 Å². The summed E-state index contributed by atoms with van der Waals surface area (Å²) in [4.78, 5) is 18.7. The number of aromatic nitrogens is 2. The monoisotopic (exact) mass is 364 g/mol. The minimum atomic E-state index is -0.934. The van der Waals surface area contributed by atoms with Gasteiger partial charge in [0.2, 0.25) is 0 Å². The summed E-state index contributed by atoms with van der Waals surface area (Å²) in [5.41, 5.74) is 2.85. The number of benzene rings is 2. The number of fused-ring (bicyclic) bond motifs is 1. The van der Waals surface area contributed by atoms with Crippen LogP contribution in [0, 0.1) is 3.57 Å². The van der Waals surface area contributed by atoms with Gasteiger partial charge in [-0.25, -0.2) is 9.78 Å². The van der Waals surface area contributed by atoms with E-state index in [0.717, 1.165) is 20.2 Å². The lowest BCUT2D eigenvalue weighted by molar-refractivity contribution is 0.0697. The standard InChI is InChI=1S/C14H9IN2O2/c15-10-6-8(5-9(7-10)14(18)19)13-16-11-3-1-2-4-12(11)17-13/h1-7H,(H,16,17)(H,18,19). The van der Waals surface area contributed by atoms with Gasteiger partial charge in [0, 0.05) is 9.13 Å². The van der Waals surface area contributed by atoms with Gasteiger partial charge in [-0.15, -0.1) is 0 Å². The lowest BCUT2D eigenvalue weighted by Gasteiger charge is -2.01. The van der Waals surface area contributed by atoms with E-state index >= 15 is 0 Å². The number of imidazole rings is 1. The molecule has 0 aliphatic heterocycles. The van der Waals surface area contributed by atoms with Gasteiger partial charge in [0.15, 0.2) is 0 Å². The van der Waals surface area contributed by atoms with Gasteiger partial charge in [0.05, 0.1) is 16.6 Å². The minimum absolute atomic E-state index is 0.266. The molecule has 0 saturated heterocycles. The Bertz CT molecular complexity index is 747. The number of carbonyl (C=O) groups is 1. The highest BCUT2D eigenvalue weighted by atomic mass is 127. The Morgan fingerprint density at radius 1 is 1.21 bits per heavy atom. The van der Waals surface area contributed by atoms with Gasteiger partial charge in [-0.3, -0.25) is 0 Å². The summed E-state index contributed by atoms with van der Waals surface area (Å²) in [6.45, 7) is 0. The van der Waals surface area contributed by atoms with E-state index in [1.807, 2.05) is 30.3 Å². The van der Waals surface area contributed by atoms with Crippen molar-refractivity contribution >= 4 is 39.6 Å². The van der Waals surface area contributed by atoms with Gasteiger partial charge in [0.25, 0.3) is 0 Å². The number of aromatic amines is 1. The number of nitrogens with zero attached hydrogens (tertiary/aromatic N) is 1. The van der Waals surface area contributed by atoms with Crippen LogP contribution in [0.4, 0.5) is 0 Å². The molecule has 94 valence electrons. The fourth-order valence-electron chi connectivity index (χ4n) is 1.94. The SMILES string of the molecule is O=C(O)c1cc(I)cc(-c2nc3ccccc3[nH]2)c1. The topological polar surface area (TPSA) is 66.0 Å². The van der Waals surface area contributed by atoms with Crippen molar-refractivity contribution in [2.24, 2.45) is 0 Å². The summed E-state index contributed by atoms with van der Waals surface area (Å²) in [5, 5.41) is 9.09. The molecule has 2 aromatic carbocycles. The van der Waals surface area contributed by atoms with Crippen molar-refractivity contribution in [3.05, 3.63) is 51.6 Å². The van der Waals surface area contributed by atoms with Gasteiger partial charge < -0.3 is 10.1 Å². The predicted octanol–water partition coefficient (Wildman–Crippen LogP) is 3.53. The number of carboxylic acid groups (broad SMARTS) is 1. The smallest absolute Gasteiger partial charge is 0.335 e. The van der Waals surface area contributed by atoms with Crippen LogP contribution in [0.25, 0.3) is 22.4 Å². The number of hydrogen-bond donors (Lipinski definition) is 2. The summed E-state index contributed by atoms with van der Waals surface area (Å²) in [6.07, 6.45) is 0. The van der Waals surface area contributed by atoms with Crippen LogP contribution in [0.1, 0.15) is 10.4 Å². The van der Waals surface area contributed by atoms with Crippen LogP contribution in [0.5, 0.6) is 0 Å². The molecular formula is C14H9IN2O2. The van der Waals surface area contributed by atoms with E-state index in [0.29, 0.717) is 5.82 Å². The zero-order valence-electron chi connectivity index (χ0n) is 9.72. The first-order chi connectivity index (χ1) is 9.13. The molecule has 1 aromatic heterocycles. The zero-order valence-corrected chi connectivity index (χ0v) is 11.9. The number of halogens is 1. The van der Waals surface area contributed by atoms with Gasteiger partial charge in [0.1, 0.15) is 5.82 Å². The molecule has 19 heavy (non-hydrogen) atoms. The largest absolute Gasteiger partial charge is 0.478 e. The molecule has 0 aliphatic carbocycles. The van der Waals surface area contributed by atoms with Crippen molar-refractivity contribution in [2.75, 3.05) is 0 Å². The van der Waals surface area contributed by atoms with Crippen LogP contribution in [0.2, 0.25) is 0 Å². The van der Waals surface area contributed by atoms with Crippen LogP contribution >= 0.6 is 22.6 Å². The van der Waals surface area contributed by atoms with E-state index in [1.54, 1.807) is 12.1 Å². The fourth-order valence-corrected chi connectivity index (χ4v) is 2.61. The summed E-state index contributed by atoms with van der Waals surface area (Å²) in [6, 6.07) is 12.9. The maximum absolute atomic E-state index is 11.1. The first-order valence-electron chi connectivity index (χ1n) is 5.62. The Morgan fingerprint density at radius 2 is 2.00 bits per heavy atom. The lowest BCUT2D eigenvalue weighted by atomic mass is 10.1. The van der Waals surface area contributed by atoms with E-state index < -0.39 is 5.97 Å². The van der Waals surface area contributed by atoms with Crippen LogP contribution in [0.15, 0.2) is 42.5 Å². The number of H-pyrrole nitrogens is 1. The first kappa shape index (κ1) is 12.2. The number of hydrogen-bond acceptors (Lipinski definition) is 2. The third kappa shape index (κ3) is 2.33. The molecule has 0 radical (unpaired) electrons. The summed E-state index contributed by atoms with van der Waals surface area (Å²) < 4.78 is 0.868. The van der Waals surface area contributed by atoms with Crippen molar-refractivity contribution in [1.29, 1.82) is 0 Å². The molecule has 0 saturated carbocycles. The Hall–Kier alpha value is -1.89. The number of nitrogens with one attached hydrogen (secondary N) is 1. The molecule has 3 rings (SSSR count). The van der Waals surface area contributed by atoms with E-state index in [2.05, 4.69) is 32.6 Å². The summed E-state index contributed by atoms with van der Waals surface area (Å²) in [5.74, 6) is -0.252. The van der Waals surface area contributed by atoms with Crippen molar-refractivity contribution in [3.8, 4) is 11.4 Å². The number of carboxylic acids is 1. The highest BCUT2D eigenvalue weighted by molar-refractivity contribution is 14.1. The Balaban J connectivity index is 2.17. The number of aromatic carboxylic acids is 1. The highest BCUT2D eigenvalue weighted by Gasteiger charge is 2.10. The maximum Gasteiger partial charge on any atom is 0.335 e. The molecule has 0 bridgehead atoms. The Labute approximate surface area is 122 Å². The molecule has 2 N–H and O–H groups in total. The Morgan fingerprint density at radius 3 is 2.74 bits per heavy atom. The second-order valence-corrected chi connectivity index (χ2v) is 5.38. The molecular weight excluding hydrogens is 355 g/mol. The van der Waals surface area contributed by atoms with Gasteiger partial charge in [-0.1, -0.05) is 12.1 Å². The molecule has 0 amide bonds. The summed E-state index contributed by atoms with van der Waals surface area (Å²) in [7, 11) is 0. The molecule has 0 aliphatic rings. The third-order valence-corrected chi connectivity index (χ3v) is 3.43. The van der Waals surface area contributed by atoms with Crippen molar-refractivity contribution in [3.63, 3.8) is 0 Å². The Kier molecular flexibility index (Phi) is 2.98. The van der Waals surface area contributed by atoms with Crippen LogP contribution in [-0.2, 0) is 0 Å². The normalized spacial score (nSPS) is 10.8. The molecule has 3 aromatic rings. The second kappa shape index (κ2) is 4.65. The van der Waals surface area contributed by atoms with E-state index in [4.69, 9.17) is 5.11 Å².